The van der Waals surface area contributed by atoms with Crippen molar-refractivity contribution in [1.82, 2.24) is 5.32 Å². The molecule has 1 fully saturated rings. The lowest BCUT2D eigenvalue weighted by Gasteiger charge is -2.27. The third-order valence-corrected chi connectivity index (χ3v) is 2.34. The average Bonchev–Trinajstić information content (AvgIpc) is 2.06. The smallest absolute Gasteiger partial charge is 0.0807 e. The summed E-state index contributed by atoms with van der Waals surface area (Å²) < 4.78 is 5.64. The predicted octanol–water partition coefficient (Wildman–Crippen LogP) is 0.524. The van der Waals surface area contributed by atoms with Crippen molar-refractivity contribution in [2.24, 2.45) is 0 Å². The van der Waals surface area contributed by atoms with Crippen LogP contribution in [0.2, 0.25) is 0 Å². The fourth-order valence-corrected chi connectivity index (χ4v) is 1.35. The zero-order valence-electron chi connectivity index (χ0n) is 7.92. The second-order valence-corrected chi connectivity index (χ2v) is 3.55. The predicted molar refractivity (Wildman–Crippen MR) is 48.1 cm³/mol. The van der Waals surface area contributed by atoms with E-state index in [1.54, 1.807) is 6.92 Å². The van der Waals surface area contributed by atoms with Crippen LogP contribution in [0.4, 0.5) is 0 Å². The molecule has 1 saturated heterocycles. The molecule has 0 amide bonds. The number of rotatable bonds is 3. The molecule has 1 aliphatic rings. The van der Waals surface area contributed by atoms with Crippen LogP contribution in [0, 0.1) is 0 Å². The maximum absolute atomic E-state index is 9.21. The van der Waals surface area contributed by atoms with Crippen LogP contribution in [0.3, 0.4) is 0 Å². The van der Waals surface area contributed by atoms with Gasteiger partial charge in [0.25, 0.3) is 0 Å². The number of aliphatic hydroxyl groups is 1. The van der Waals surface area contributed by atoms with E-state index in [4.69, 9.17) is 4.74 Å². The van der Waals surface area contributed by atoms with Gasteiger partial charge in [-0.15, -0.1) is 0 Å². The summed E-state index contributed by atoms with van der Waals surface area (Å²) in [5.41, 5.74) is 0. The molecule has 3 heteroatoms. The molecular weight excluding hydrogens is 154 g/mol. The van der Waals surface area contributed by atoms with Crippen LogP contribution < -0.4 is 5.32 Å². The van der Waals surface area contributed by atoms with E-state index in [1.807, 2.05) is 6.92 Å². The van der Waals surface area contributed by atoms with Gasteiger partial charge in [-0.1, -0.05) is 0 Å². The molecule has 1 heterocycles. The highest BCUT2D eigenvalue weighted by molar-refractivity contribution is 4.71. The largest absolute Gasteiger partial charge is 0.391 e. The lowest BCUT2D eigenvalue weighted by Crippen LogP contribution is -2.39. The van der Waals surface area contributed by atoms with Crippen molar-refractivity contribution in [2.45, 2.75) is 45.0 Å². The molecular formula is C9H19NO2. The fraction of sp³-hybridized carbons (Fsp3) is 1.00. The molecule has 2 N–H and O–H groups in total. The molecule has 0 radical (unpaired) electrons. The summed E-state index contributed by atoms with van der Waals surface area (Å²) in [6.07, 6.45) is 2.17. The van der Waals surface area contributed by atoms with Gasteiger partial charge in [-0.25, -0.2) is 0 Å². The van der Waals surface area contributed by atoms with E-state index in [-0.39, 0.29) is 12.2 Å². The Hall–Kier alpha value is -0.120. The Bertz CT molecular complexity index is 122. The van der Waals surface area contributed by atoms with Gasteiger partial charge in [0.15, 0.2) is 0 Å². The highest BCUT2D eigenvalue weighted by Gasteiger charge is 2.18. The van der Waals surface area contributed by atoms with E-state index >= 15 is 0 Å². The second kappa shape index (κ2) is 4.80. The molecule has 3 atom stereocenters. The molecule has 1 rings (SSSR count). The summed E-state index contributed by atoms with van der Waals surface area (Å²) in [6, 6.07) is 0. The van der Waals surface area contributed by atoms with E-state index in [0.29, 0.717) is 6.10 Å². The zero-order valence-corrected chi connectivity index (χ0v) is 7.92. The Balaban J connectivity index is 2.20. The van der Waals surface area contributed by atoms with Crippen LogP contribution >= 0.6 is 0 Å². The minimum atomic E-state index is -0.369. The topological polar surface area (TPSA) is 41.5 Å². The van der Waals surface area contributed by atoms with Crippen molar-refractivity contribution in [2.75, 3.05) is 13.1 Å². The lowest BCUT2D eigenvalue weighted by molar-refractivity contribution is -0.0673. The molecule has 0 aliphatic carbocycles. The fourth-order valence-electron chi connectivity index (χ4n) is 1.35. The first-order valence-corrected chi connectivity index (χ1v) is 4.74. The number of nitrogens with one attached hydrogen (secondary N) is 1. The van der Waals surface area contributed by atoms with Crippen LogP contribution in [0.15, 0.2) is 0 Å². The van der Waals surface area contributed by atoms with Crippen molar-refractivity contribution >= 4 is 0 Å². The SMILES string of the molecule is CC(O)C(C)OC1CCCNC1. The summed E-state index contributed by atoms with van der Waals surface area (Å²) >= 11 is 0. The number of ether oxygens (including phenoxy) is 1. The van der Waals surface area contributed by atoms with Gasteiger partial charge in [-0.05, 0) is 33.2 Å². The summed E-state index contributed by atoms with van der Waals surface area (Å²) in [6.45, 7) is 5.71. The zero-order chi connectivity index (χ0) is 8.97. The summed E-state index contributed by atoms with van der Waals surface area (Å²) in [4.78, 5) is 0. The van der Waals surface area contributed by atoms with Gasteiger partial charge in [0.2, 0.25) is 0 Å². The first kappa shape index (κ1) is 9.96. The monoisotopic (exact) mass is 173 g/mol. The highest BCUT2D eigenvalue weighted by Crippen LogP contribution is 2.10. The van der Waals surface area contributed by atoms with Crippen molar-refractivity contribution in [3.8, 4) is 0 Å². The molecule has 3 nitrogen and oxygen atoms in total. The van der Waals surface area contributed by atoms with Gasteiger partial charge in [0.05, 0.1) is 18.3 Å². The van der Waals surface area contributed by atoms with Gasteiger partial charge in [0, 0.05) is 6.54 Å². The second-order valence-electron chi connectivity index (χ2n) is 3.55. The number of hydrogen-bond acceptors (Lipinski definition) is 3. The molecule has 0 aromatic carbocycles. The third-order valence-electron chi connectivity index (χ3n) is 2.34. The maximum atomic E-state index is 9.21. The van der Waals surface area contributed by atoms with Gasteiger partial charge in [-0.3, -0.25) is 0 Å². The lowest BCUT2D eigenvalue weighted by atomic mass is 10.1. The van der Waals surface area contributed by atoms with Crippen LogP contribution in [0.1, 0.15) is 26.7 Å². The van der Waals surface area contributed by atoms with Gasteiger partial charge in [0.1, 0.15) is 0 Å². The van der Waals surface area contributed by atoms with Crippen molar-refractivity contribution in [1.29, 1.82) is 0 Å². The van der Waals surface area contributed by atoms with E-state index in [1.165, 1.54) is 6.42 Å². The van der Waals surface area contributed by atoms with E-state index in [9.17, 15) is 5.11 Å². The van der Waals surface area contributed by atoms with Crippen LogP contribution in [0.5, 0.6) is 0 Å². The molecule has 0 saturated carbocycles. The van der Waals surface area contributed by atoms with E-state index < -0.39 is 0 Å². The summed E-state index contributed by atoms with van der Waals surface area (Å²) in [5.74, 6) is 0. The average molecular weight is 173 g/mol. The molecule has 12 heavy (non-hydrogen) atoms. The van der Waals surface area contributed by atoms with Crippen LogP contribution in [0.25, 0.3) is 0 Å². The molecule has 0 bridgehead atoms. The molecule has 0 aromatic heterocycles. The van der Waals surface area contributed by atoms with Gasteiger partial charge >= 0.3 is 0 Å². The van der Waals surface area contributed by atoms with Crippen LogP contribution in [-0.2, 0) is 4.74 Å². The van der Waals surface area contributed by atoms with E-state index in [0.717, 1.165) is 19.5 Å². The quantitative estimate of drug-likeness (QED) is 0.654. The molecule has 1 aliphatic heterocycles. The number of aliphatic hydroxyl groups excluding tert-OH is 1. The Morgan fingerprint density at radius 2 is 2.25 bits per heavy atom. The third kappa shape index (κ3) is 3.09. The molecule has 0 spiro atoms. The van der Waals surface area contributed by atoms with E-state index in [2.05, 4.69) is 5.32 Å². The summed E-state index contributed by atoms with van der Waals surface area (Å²) in [7, 11) is 0. The minimum absolute atomic E-state index is 0.0464. The van der Waals surface area contributed by atoms with Crippen molar-refractivity contribution < 1.29 is 9.84 Å². The maximum Gasteiger partial charge on any atom is 0.0807 e. The van der Waals surface area contributed by atoms with Crippen molar-refractivity contribution in [3.63, 3.8) is 0 Å². The highest BCUT2D eigenvalue weighted by atomic mass is 16.5. The minimum Gasteiger partial charge on any atom is -0.391 e. The Morgan fingerprint density at radius 1 is 1.50 bits per heavy atom. The molecule has 3 unspecified atom stereocenters. The first-order valence-electron chi connectivity index (χ1n) is 4.74. The normalized spacial score (nSPS) is 29.8. The van der Waals surface area contributed by atoms with Gasteiger partial charge < -0.3 is 15.2 Å². The standard InChI is InChI=1S/C9H19NO2/c1-7(11)8(2)12-9-4-3-5-10-6-9/h7-11H,3-6H2,1-2H3. The first-order chi connectivity index (χ1) is 5.70. The van der Waals surface area contributed by atoms with Gasteiger partial charge in [-0.2, -0.15) is 0 Å². The van der Waals surface area contributed by atoms with Crippen LogP contribution in [-0.4, -0.2) is 36.5 Å². The molecule has 0 aromatic rings. The van der Waals surface area contributed by atoms with Crippen molar-refractivity contribution in [3.05, 3.63) is 0 Å². The summed E-state index contributed by atoms with van der Waals surface area (Å²) in [5, 5.41) is 12.5. The Morgan fingerprint density at radius 3 is 2.75 bits per heavy atom. The Labute approximate surface area is 74.1 Å². The number of piperidine rings is 1. The molecule has 72 valence electrons. The Kier molecular flexibility index (Phi) is 3.98. The number of hydrogen-bond donors (Lipinski definition) is 2.